The number of hydrogen-bond donors (Lipinski definition) is 0. The lowest BCUT2D eigenvalue weighted by molar-refractivity contribution is 0.0992. The summed E-state index contributed by atoms with van der Waals surface area (Å²) in [6.45, 7) is 0.658. The van der Waals surface area contributed by atoms with Crippen molar-refractivity contribution in [2.24, 2.45) is 0 Å². The highest BCUT2D eigenvalue weighted by Gasteiger charge is 2.21. The molecule has 1 heterocycles. The Morgan fingerprint density at radius 3 is 2.90 bits per heavy atom. The van der Waals surface area contributed by atoms with Gasteiger partial charge in [-0.1, -0.05) is 45.2 Å². The number of rotatable bonds is 3. The van der Waals surface area contributed by atoms with E-state index in [1.165, 1.54) is 0 Å². The van der Waals surface area contributed by atoms with Crippen molar-refractivity contribution in [1.82, 2.24) is 0 Å². The van der Waals surface area contributed by atoms with Crippen LogP contribution in [0.3, 0.4) is 0 Å². The molecule has 0 unspecified atom stereocenters. The molecule has 0 aliphatic carbocycles. The van der Waals surface area contributed by atoms with E-state index in [4.69, 9.17) is 27.9 Å². The van der Waals surface area contributed by atoms with E-state index < -0.39 is 0 Å². The van der Waals surface area contributed by atoms with Gasteiger partial charge in [0.1, 0.15) is 5.75 Å². The van der Waals surface area contributed by atoms with Crippen molar-refractivity contribution in [2.45, 2.75) is 12.8 Å². The second kappa shape index (κ2) is 5.99. The number of fused-ring (bicyclic) bond motifs is 1. The number of hydrogen-bond acceptors (Lipinski definition) is 2. The molecule has 0 atom stereocenters. The van der Waals surface area contributed by atoms with Crippen molar-refractivity contribution in [3.63, 3.8) is 0 Å². The summed E-state index contributed by atoms with van der Waals surface area (Å²) < 4.78 is 6.59. The van der Waals surface area contributed by atoms with E-state index >= 15 is 0 Å². The molecule has 2 aromatic carbocycles. The third-order valence-electron chi connectivity index (χ3n) is 3.43. The molecular formula is C16H11BrCl2O2. The Morgan fingerprint density at radius 2 is 2.10 bits per heavy atom. The number of ether oxygens (including phenoxy) is 1. The fourth-order valence-corrected chi connectivity index (χ4v) is 3.42. The van der Waals surface area contributed by atoms with Crippen molar-refractivity contribution in [3.8, 4) is 5.75 Å². The molecule has 0 amide bonds. The first kappa shape index (κ1) is 14.9. The van der Waals surface area contributed by atoms with Gasteiger partial charge in [-0.25, -0.2) is 0 Å². The Morgan fingerprint density at radius 1 is 1.29 bits per heavy atom. The Hall–Kier alpha value is -1.03. The highest BCUT2D eigenvalue weighted by molar-refractivity contribution is 9.10. The van der Waals surface area contributed by atoms with Crippen LogP contribution in [0.15, 0.2) is 34.8 Å². The Kier molecular flexibility index (Phi) is 4.25. The molecule has 0 saturated heterocycles. The van der Waals surface area contributed by atoms with Crippen LogP contribution in [0.4, 0.5) is 0 Å². The van der Waals surface area contributed by atoms with Gasteiger partial charge in [0.2, 0.25) is 0 Å². The molecule has 1 aliphatic heterocycles. The van der Waals surface area contributed by atoms with E-state index in [0.29, 0.717) is 22.2 Å². The summed E-state index contributed by atoms with van der Waals surface area (Å²) in [6.07, 6.45) is 1.11. The zero-order chi connectivity index (χ0) is 15.0. The molecule has 108 valence electrons. The zero-order valence-electron chi connectivity index (χ0n) is 11.0. The SMILES string of the molecule is O=C(Cc1cc(Br)cc2c1OCC2)c1cccc(Cl)c1Cl. The van der Waals surface area contributed by atoms with Crippen molar-refractivity contribution in [3.05, 3.63) is 61.5 Å². The molecule has 0 N–H and O–H groups in total. The van der Waals surface area contributed by atoms with Crippen LogP contribution in [0.25, 0.3) is 0 Å². The smallest absolute Gasteiger partial charge is 0.168 e. The highest BCUT2D eigenvalue weighted by Crippen LogP contribution is 2.34. The lowest BCUT2D eigenvalue weighted by Gasteiger charge is -2.10. The van der Waals surface area contributed by atoms with E-state index in [0.717, 1.165) is 27.8 Å². The van der Waals surface area contributed by atoms with E-state index in [-0.39, 0.29) is 12.2 Å². The molecule has 5 heteroatoms. The summed E-state index contributed by atoms with van der Waals surface area (Å²) in [6, 6.07) is 9.03. The molecule has 2 aromatic rings. The van der Waals surface area contributed by atoms with E-state index in [1.807, 2.05) is 12.1 Å². The van der Waals surface area contributed by atoms with Crippen LogP contribution in [0, 0.1) is 0 Å². The first-order chi connectivity index (χ1) is 10.1. The second-order valence-corrected chi connectivity index (χ2v) is 6.55. The largest absolute Gasteiger partial charge is 0.493 e. The lowest BCUT2D eigenvalue weighted by atomic mass is 10.00. The summed E-state index contributed by atoms with van der Waals surface area (Å²) in [4.78, 5) is 12.5. The van der Waals surface area contributed by atoms with Gasteiger partial charge in [-0.15, -0.1) is 0 Å². The summed E-state index contributed by atoms with van der Waals surface area (Å²) in [5.41, 5.74) is 2.44. The van der Waals surface area contributed by atoms with E-state index in [9.17, 15) is 4.79 Å². The van der Waals surface area contributed by atoms with Crippen molar-refractivity contribution in [2.75, 3.05) is 6.61 Å². The minimum atomic E-state index is -0.0710. The molecule has 0 fully saturated rings. The topological polar surface area (TPSA) is 26.3 Å². The number of carbonyl (C=O) groups is 1. The number of Topliss-reactive ketones (excluding diaryl/α,β-unsaturated/α-hetero) is 1. The summed E-state index contributed by atoms with van der Waals surface area (Å²) in [7, 11) is 0. The van der Waals surface area contributed by atoms with Crippen LogP contribution in [0.5, 0.6) is 5.75 Å². The molecule has 1 aliphatic rings. The van der Waals surface area contributed by atoms with Gasteiger partial charge in [-0.3, -0.25) is 4.79 Å². The predicted octanol–water partition coefficient (Wildman–Crippen LogP) is 5.12. The maximum Gasteiger partial charge on any atom is 0.168 e. The van der Waals surface area contributed by atoms with Gasteiger partial charge < -0.3 is 4.74 Å². The van der Waals surface area contributed by atoms with Crippen LogP contribution in [-0.4, -0.2) is 12.4 Å². The first-order valence-corrected chi connectivity index (χ1v) is 8.02. The van der Waals surface area contributed by atoms with Gasteiger partial charge in [0, 0.05) is 28.4 Å². The number of benzene rings is 2. The Bertz CT molecular complexity index is 728. The fourth-order valence-electron chi connectivity index (χ4n) is 2.46. The molecule has 21 heavy (non-hydrogen) atoms. The van der Waals surface area contributed by atoms with Crippen molar-refractivity contribution < 1.29 is 9.53 Å². The quantitative estimate of drug-likeness (QED) is 0.685. The average molecular weight is 386 g/mol. The molecule has 0 saturated carbocycles. The standard InChI is InChI=1S/C16H11BrCl2O2/c17-11-6-9-4-5-21-16(9)10(7-11)8-14(20)12-2-1-3-13(18)15(12)19/h1-3,6-7H,4-5,8H2. The van der Waals surface area contributed by atoms with Gasteiger partial charge in [0.25, 0.3) is 0 Å². The molecular weight excluding hydrogens is 375 g/mol. The fraction of sp³-hybridized carbons (Fsp3) is 0.188. The number of carbonyl (C=O) groups excluding carboxylic acids is 1. The van der Waals surface area contributed by atoms with Gasteiger partial charge in [-0.2, -0.15) is 0 Å². The summed E-state index contributed by atoms with van der Waals surface area (Å²) in [5, 5.41) is 0.690. The second-order valence-electron chi connectivity index (χ2n) is 4.85. The van der Waals surface area contributed by atoms with Crippen molar-refractivity contribution in [1.29, 1.82) is 0 Å². The average Bonchev–Trinajstić information content (AvgIpc) is 2.90. The Labute approximate surface area is 141 Å². The van der Waals surface area contributed by atoms with Gasteiger partial charge in [0.15, 0.2) is 5.78 Å². The third-order valence-corrected chi connectivity index (χ3v) is 4.71. The minimum Gasteiger partial charge on any atom is -0.493 e. The van der Waals surface area contributed by atoms with Crippen molar-refractivity contribution >= 4 is 44.9 Å². The molecule has 0 aromatic heterocycles. The van der Waals surface area contributed by atoms with Crippen LogP contribution in [-0.2, 0) is 12.8 Å². The van der Waals surface area contributed by atoms with Crippen LogP contribution in [0.2, 0.25) is 10.0 Å². The third kappa shape index (κ3) is 2.96. The molecule has 0 bridgehead atoms. The molecule has 3 rings (SSSR count). The highest BCUT2D eigenvalue weighted by atomic mass is 79.9. The van der Waals surface area contributed by atoms with Crippen LogP contribution < -0.4 is 4.74 Å². The van der Waals surface area contributed by atoms with Gasteiger partial charge in [0.05, 0.1) is 16.7 Å². The number of ketones is 1. The molecule has 0 radical (unpaired) electrons. The van der Waals surface area contributed by atoms with Crippen LogP contribution in [0.1, 0.15) is 21.5 Å². The first-order valence-electron chi connectivity index (χ1n) is 6.47. The van der Waals surface area contributed by atoms with E-state index in [2.05, 4.69) is 15.9 Å². The van der Waals surface area contributed by atoms with Gasteiger partial charge >= 0.3 is 0 Å². The Balaban J connectivity index is 1.94. The predicted molar refractivity (Wildman–Crippen MR) is 87.8 cm³/mol. The minimum absolute atomic E-state index is 0.0710. The van der Waals surface area contributed by atoms with Crippen LogP contribution >= 0.6 is 39.1 Å². The molecule has 2 nitrogen and oxygen atoms in total. The monoisotopic (exact) mass is 384 g/mol. The van der Waals surface area contributed by atoms with E-state index in [1.54, 1.807) is 18.2 Å². The zero-order valence-corrected chi connectivity index (χ0v) is 14.1. The summed E-state index contributed by atoms with van der Waals surface area (Å²) in [5.74, 6) is 0.753. The maximum atomic E-state index is 12.5. The number of halogens is 3. The molecule has 0 spiro atoms. The van der Waals surface area contributed by atoms with Gasteiger partial charge in [-0.05, 0) is 29.8 Å². The lowest BCUT2D eigenvalue weighted by Crippen LogP contribution is -2.06. The normalized spacial score (nSPS) is 12.9. The summed E-state index contributed by atoms with van der Waals surface area (Å²) >= 11 is 15.5. The maximum absolute atomic E-state index is 12.5.